The maximum atomic E-state index is 13.0. The number of nitrogens with zero attached hydrogens (tertiary/aromatic N) is 2. The molecule has 1 aliphatic carbocycles. The third-order valence-corrected chi connectivity index (χ3v) is 7.06. The number of rotatable bonds is 5. The molecular formula is C24H29N3O2. The molecule has 2 fully saturated rings. The largest absolute Gasteiger partial charge is 0.340 e. The lowest BCUT2D eigenvalue weighted by Crippen LogP contribution is -2.41. The summed E-state index contributed by atoms with van der Waals surface area (Å²) < 4.78 is 0. The summed E-state index contributed by atoms with van der Waals surface area (Å²) in [7, 11) is 0. The Labute approximate surface area is 172 Å². The van der Waals surface area contributed by atoms with Crippen LogP contribution in [-0.2, 0) is 22.4 Å². The summed E-state index contributed by atoms with van der Waals surface area (Å²) in [6, 6.07) is 11.0. The maximum absolute atomic E-state index is 13.0. The molecule has 2 saturated heterocycles. The van der Waals surface area contributed by atoms with Crippen molar-refractivity contribution in [2.75, 3.05) is 31.5 Å². The number of nitrogens with one attached hydrogen (secondary N) is 1. The Hall–Kier alpha value is -2.40. The monoisotopic (exact) mass is 391 g/mol. The van der Waals surface area contributed by atoms with E-state index in [0.29, 0.717) is 19.0 Å². The van der Waals surface area contributed by atoms with E-state index in [0.717, 1.165) is 50.0 Å². The van der Waals surface area contributed by atoms with Gasteiger partial charge < -0.3 is 10.2 Å². The molecule has 2 aromatic carbocycles. The molecule has 2 aromatic rings. The number of carbonyl (C=O) groups is 2. The standard InChI is InChI=1S/C24H29N3O2/c1-2-26-12-4-6-19(26)15-27-14-18(13-22(27)28)24(29)25-21-11-10-17-9-8-16-5-3-7-20(21)23(16)17/h3,5,7,10-11,18-19H,2,4,6,8-9,12-15H2,1H3,(H,25,29). The highest BCUT2D eigenvalue weighted by Crippen LogP contribution is 2.35. The van der Waals surface area contributed by atoms with E-state index >= 15 is 0 Å². The van der Waals surface area contributed by atoms with Gasteiger partial charge in [-0.25, -0.2) is 0 Å². The molecule has 2 amide bonds. The van der Waals surface area contributed by atoms with E-state index in [2.05, 4.69) is 41.4 Å². The Balaban J connectivity index is 1.29. The minimum absolute atomic E-state index is 0.0293. The van der Waals surface area contributed by atoms with Crippen molar-refractivity contribution in [3.05, 3.63) is 41.5 Å². The summed E-state index contributed by atoms with van der Waals surface area (Å²) in [6.45, 7) is 5.63. The summed E-state index contributed by atoms with van der Waals surface area (Å²) in [5.74, 6) is -0.172. The number of likely N-dealkylation sites (tertiary alicyclic amines) is 2. The molecule has 152 valence electrons. The molecule has 29 heavy (non-hydrogen) atoms. The zero-order valence-corrected chi connectivity index (χ0v) is 17.1. The molecule has 0 aromatic heterocycles. The number of benzene rings is 2. The second-order valence-corrected chi connectivity index (χ2v) is 8.73. The first-order valence-electron chi connectivity index (χ1n) is 11.0. The fraction of sp³-hybridized carbons (Fsp3) is 0.500. The third-order valence-electron chi connectivity index (χ3n) is 7.06. The summed E-state index contributed by atoms with van der Waals surface area (Å²) >= 11 is 0. The smallest absolute Gasteiger partial charge is 0.229 e. The summed E-state index contributed by atoms with van der Waals surface area (Å²) in [4.78, 5) is 29.9. The molecule has 5 heteroatoms. The highest BCUT2D eigenvalue weighted by Gasteiger charge is 2.37. The van der Waals surface area contributed by atoms with Crippen molar-refractivity contribution in [3.63, 3.8) is 0 Å². The molecule has 0 spiro atoms. The summed E-state index contributed by atoms with van der Waals surface area (Å²) in [5.41, 5.74) is 3.61. The topological polar surface area (TPSA) is 52.6 Å². The van der Waals surface area contributed by atoms with Gasteiger partial charge >= 0.3 is 0 Å². The Morgan fingerprint density at radius 2 is 2.00 bits per heavy atom. The molecule has 0 bridgehead atoms. The van der Waals surface area contributed by atoms with Gasteiger partial charge in [-0.05, 0) is 61.4 Å². The molecule has 2 aliphatic heterocycles. The summed E-state index contributed by atoms with van der Waals surface area (Å²) in [6.07, 6.45) is 4.83. The van der Waals surface area contributed by atoms with Gasteiger partial charge in [0.05, 0.1) is 5.92 Å². The van der Waals surface area contributed by atoms with E-state index in [1.807, 2.05) is 11.0 Å². The molecule has 5 rings (SSSR count). The van der Waals surface area contributed by atoms with Crippen LogP contribution in [0, 0.1) is 5.92 Å². The van der Waals surface area contributed by atoms with Crippen LogP contribution in [0.2, 0.25) is 0 Å². The van der Waals surface area contributed by atoms with E-state index in [9.17, 15) is 9.59 Å². The molecule has 1 N–H and O–H groups in total. The van der Waals surface area contributed by atoms with Gasteiger partial charge in [-0.3, -0.25) is 14.5 Å². The number of amides is 2. The van der Waals surface area contributed by atoms with Gasteiger partial charge in [0, 0.05) is 36.6 Å². The number of hydrogen-bond donors (Lipinski definition) is 1. The minimum Gasteiger partial charge on any atom is -0.340 e. The lowest BCUT2D eigenvalue weighted by Gasteiger charge is -2.27. The molecular weight excluding hydrogens is 362 g/mol. The van der Waals surface area contributed by atoms with Crippen LogP contribution in [-0.4, -0.2) is 53.8 Å². The fourth-order valence-corrected chi connectivity index (χ4v) is 5.49. The van der Waals surface area contributed by atoms with Crippen LogP contribution in [0.25, 0.3) is 10.8 Å². The lowest BCUT2D eigenvalue weighted by atomic mass is 10.0. The van der Waals surface area contributed by atoms with E-state index in [1.165, 1.54) is 22.9 Å². The Morgan fingerprint density at radius 1 is 1.17 bits per heavy atom. The van der Waals surface area contributed by atoms with Crippen LogP contribution in [0.4, 0.5) is 5.69 Å². The molecule has 0 radical (unpaired) electrons. The third kappa shape index (κ3) is 3.31. The average Bonchev–Trinajstić information content (AvgIpc) is 3.44. The van der Waals surface area contributed by atoms with Crippen LogP contribution in [0.15, 0.2) is 30.3 Å². The number of likely N-dealkylation sites (N-methyl/N-ethyl adjacent to an activating group) is 1. The van der Waals surface area contributed by atoms with E-state index in [-0.39, 0.29) is 17.7 Å². The predicted molar refractivity (Wildman–Crippen MR) is 115 cm³/mol. The SMILES string of the molecule is CCN1CCCC1CN1CC(C(=O)Nc2ccc3c4c(cccc24)CC3)CC1=O. The van der Waals surface area contributed by atoms with Crippen LogP contribution in [0.5, 0.6) is 0 Å². The molecule has 3 aliphatic rings. The van der Waals surface area contributed by atoms with Crippen molar-refractivity contribution in [2.45, 2.75) is 45.1 Å². The Kier molecular flexibility index (Phi) is 4.78. The lowest BCUT2D eigenvalue weighted by molar-refractivity contribution is -0.128. The van der Waals surface area contributed by atoms with Crippen LogP contribution in [0.1, 0.15) is 37.3 Å². The molecule has 2 atom stereocenters. The normalized spacial score (nSPS) is 24.0. The zero-order valence-electron chi connectivity index (χ0n) is 17.1. The Morgan fingerprint density at radius 3 is 2.83 bits per heavy atom. The van der Waals surface area contributed by atoms with E-state index in [4.69, 9.17) is 0 Å². The molecule has 2 unspecified atom stereocenters. The fourth-order valence-electron chi connectivity index (χ4n) is 5.49. The Bertz CT molecular complexity index is 960. The van der Waals surface area contributed by atoms with Gasteiger partial charge in [0.2, 0.25) is 11.8 Å². The van der Waals surface area contributed by atoms with Gasteiger partial charge in [-0.1, -0.05) is 31.2 Å². The minimum atomic E-state index is -0.262. The number of aryl methyl sites for hydroxylation is 2. The van der Waals surface area contributed by atoms with Gasteiger partial charge in [0.1, 0.15) is 0 Å². The molecule has 5 nitrogen and oxygen atoms in total. The first-order chi connectivity index (χ1) is 14.1. The summed E-state index contributed by atoms with van der Waals surface area (Å²) in [5, 5.41) is 5.56. The van der Waals surface area contributed by atoms with Crippen molar-refractivity contribution in [3.8, 4) is 0 Å². The number of carbonyl (C=O) groups excluding carboxylic acids is 2. The van der Waals surface area contributed by atoms with E-state index in [1.54, 1.807) is 0 Å². The maximum Gasteiger partial charge on any atom is 0.229 e. The first-order valence-corrected chi connectivity index (χ1v) is 11.0. The highest BCUT2D eigenvalue weighted by atomic mass is 16.2. The van der Waals surface area contributed by atoms with Crippen molar-refractivity contribution < 1.29 is 9.59 Å². The van der Waals surface area contributed by atoms with Gasteiger partial charge in [0.25, 0.3) is 0 Å². The second kappa shape index (κ2) is 7.45. The predicted octanol–water partition coefficient (Wildman–Crippen LogP) is 3.21. The van der Waals surface area contributed by atoms with Crippen molar-refractivity contribution >= 4 is 28.3 Å². The van der Waals surface area contributed by atoms with Gasteiger partial charge in [-0.2, -0.15) is 0 Å². The number of anilines is 1. The van der Waals surface area contributed by atoms with Crippen LogP contribution < -0.4 is 5.32 Å². The van der Waals surface area contributed by atoms with Crippen LogP contribution in [0.3, 0.4) is 0 Å². The van der Waals surface area contributed by atoms with Crippen molar-refractivity contribution in [1.82, 2.24) is 9.80 Å². The van der Waals surface area contributed by atoms with Gasteiger partial charge in [0.15, 0.2) is 0 Å². The average molecular weight is 392 g/mol. The van der Waals surface area contributed by atoms with E-state index < -0.39 is 0 Å². The first kappa shape index (κ1) is 18.6. The van der Waals surface area contributed by atoms with Gasteiger partial charge in [-0.15, -0.1) is 0 Å². The molecule has 0 saturated carbocycles. The second-order valence-electron chi connectivity index (χ2n) is 8.73. The van der Waals surface area contributed by atoms with Crippen molar-refractivity contribution in [1.29, 1.82) is 0 Å². The van der Waals surface area contributed by atoms with Crippen molar-refractivity contribution in [2.24, 2.45) is 5.92 Å². The quantitative estimate of drug-likeness (QED) is 0.852. The highest BCUT2D eigenvalue weighted by molar-refractivity contribution is 6.06. The number of hydrogen-bond acceptors (Lipinski definition) is 3. The molecule has 2 heterocycles. The van der Waals surface area contributed by atoms with Crippen LogP contribution >= 0.6 is 0 Å². The zero-order chi connectivity index (χ0) is 20.0.